The highest BCUT2D eigenvalue weighted by Crippen LogP contribution is 2.28. The van der Waals surface area contributed by atoms with Crippen molar-refractivity contribution in [3.05, 3.63) is 16.1 Å². The number of anilines is 2. The molecule has 0 saturated carbocycles. The molecule has 1 unspecified atom stereocenters. The average molecular weight is 320 g/mol. The predicted molar refractivity (Wildman–Crippen MR) is 82.4 cm³/mol. The van der Waals surface area contributed by atoms with E-state index < -0.39 is 0 Å². The van der Waals surface area contributed by atoms with Crippen molar-refractivity contribution in [3.8, 4) is 0 Å². The second-order valence-electron chi connectivity index (χ2n) is 4.56. The number of nitrogens with zero attached hydrogens (tertiary/aromatic N) is 2. The number of hydrogen-bond donors (Lipinski definition) is 3. The van der Waals surface area contributed by atoms with Crippen LogP contribution in [0.25, 0.3) is 0 Å². The molecule has 8 heteroatoms. The number of likely N-dealkylation sites (N-methyl/N-ethyl adjacent to an activating group) is 1. The van der Waals surface area contributed by atoms with Crippen LogP contribution in [-0.4, -0.2) is 48.8 Å². The first-order valence-electron chi connectivity index (χ1n) is 6.54. The van der Waals surface area contributed by atoms with E-state index in [-0.39, 0.29) is 6.10 Å². The van der Waals surface area contributed by atoms with Gasteiger partial charge in [0.2, 0.25) is 0 Å². The maximum absolute atomic E-state index is 6.10. The van der Waals surface area contributed by atoms with E-state index in [0.29, 0.717) is 28.2 Å². The van der Waals surface area contributed by atoms with E-state index in [4.69, 9.17) is 33.8 Å². The Morgan fingerprint density at radius 1 is 1.45 bits per heavy atom. The molecule has 2 rings (SSSR count). The normalized spacial score (nSPS) is 19.9. The summed E-state index contributed by atoms with van der Waals surface area (Å²) in [5.74, 6) is 6.28. The van der Waals surface area contributed by atoms with Crippen LogP contribution in [0, 0.1) is 0 Å². The summed E-state index contributed by atoms with van der Waals surface area (Å²) in [6.07, 6.45) is 0.117. The Bertz CT molecular complexity index is 460. The van der Waals surface area contributed by atoms with Gasteiger partial charge in [0.15, 0.2) is 5.82 Å². The molecule has 1 fully saturated rings. The molecule has 0 spiro atoms. The van der Waals surface area contributed by atoms with Gasteiger partial charge in [0, 0.05) is 19.6 Å². The minimum Gasteiger partial charge on any atom is -0.374 e. The average Bonchev–Trinajstić information content (AvgIpc) is 2.46. The van der Waals surface area contributed by atoms with Crippen molar-refractivity contribution in [1.82, 2.24) is 9.88 Å². The highest BCUT2D eigenvalue weighted by molar-refractivity contribution is 6.37. The molecule has 0 amide bonds. The highest BCUT2D eigenvalue weighted by Gasteiger charge is 2.19. The smallest absolute Gasteiger partial charge is 0.161 e. The van der Waals surface area contributed by atoms with Crippen molar-refractivity contribution in [2.45, 2.75) is 13.0 Å². The summed E-state index contributed by atoms with van der Waals surface area (Å²) in [6.45, 7) is 6.44. The third kappa shape index (κ3) is 3.86. The van der Waals surface area contributed by atoms with Gasteiger partial charge in [0.1, 0.15) is 5.82 Å². The van der Waals surface area contributed by atoms with Gasteiger partial charge in [-0.1, -0.05) is 30.1 Å². The topological polar surface area (TPSA) is 75.4 Å². The lowest BCUT2D eigenvalue weighted by Gasteiger charge is -2.32. The molecular weight excluding hydrogens is 301 g/mol. The minimum absolute atomic E-state index is 0.117. The maximum Gasteiger partial charge on any atom is 0.161 e. The zero-order chi connectivity index (χ0) is 14.5. The van der Waals surface area contributed by atoms with E-state index >= 15 is 0 Å². The number of nitrogens with two attached hydrogens (primary N) is 1. The van der Waals surface area contributed by atoms with Crippen molar-refractivity contribution in [1.29, 1.82) is 0 Å². The summed E-state index contributed by atoms with van der Waals surface area (Å²) < 4.78 is 5.71. The van der Waals surface area contributed by atoms with Gasteiger partial charge >= 0.3 is 0 Å². The van der Waals surface area contributed by atoms with Crippen molar-refractivity contribution < 1.29 is 4.74 Å². The van der Waals surface area contributed by atoms with Gasteiger partial charge in [0.25, 0.3) is 0 Å². The molecule has 4 N–H and O–H groups in total. The summed E-state index contributed by atoms with van der Waals surface area (Å²) in [5.41, 5.74) is 2.44. The molecule has 112 valence electrons. The van der Waals surface area contributed by atoms with Gasteiger partial charge in [0.05, 0.1) is 22.8 Å². The molecule has 1 aliphatic rings. The Labute approximate surface area is 128 Å². The number of nitrogens with one attached hydrogen (secondary N) is 2. The zero-order valence-electron chi connectivity index (χ0n) is 11.3. The number of ether oxygens (including phenoxy) is 1. The molecule has 1 atom stereocenters. The number of hydrazine groups is 1. The summed E-state index contributed by atoms with van der Waals surface area (Å²) in [5, 5.41) is 4.02. The predicted octanol–water partition coefficient (Wildman–Crippen LogP) is 1.81. The van der Waals surface area contributed by atoms with E-state index in [1.54, 1.807) is 6.07 Å². The van der Waals surface area contributed by atoms with Gasteiger partial charge in [-0.05, 0) is 12.6 Å². The van der Waals surface area contributed by atoms with Crippen LogP contribution in [0.1, 0.15) is 6.92 Å². The van der Waals surface area contributed by atoms with Crippen LogP contribution in [0.2, 0.25) is 10.0 Å². The van der Waals surface area contributed by atoms with Crippen LogP contribution < -0.4 is 16.6 Å². The summed E-state index contributed by atoms with van der Waals surface area (Å²) in [6, 6.07) is 1.60. The maximum atomic E-state index is 6.10. The first-order chi connectivity index (χ1) is 9.63. The Morgan fingerprint density at radius 2 is 2.20 bits per heavy atom. The summed E-state index contributed by atoms with van der Waals surface area (Å²) in [7, 11) is 0. The fraction of sp³-hybridized carbons (Fsp3) is 0.583. The molecule has 2 heterocycles. The molecule has 0 radical (unpaired) electrons. The fourth-order valence-electron chi connectivity index (χ4n) is 2.09. The standard InChI is InChI=1S/C12H19Cl2N5O/c1-2-19-3-4-20-8(7-19)6-16-11-9(13)5-10(14)12(17-11)18-15/h5,8H,2-4,6-7,15H2,1H3,(H2,16,17,18). The van der Waals surface area contributed by atoms with Gasteiger partial charge in [-0.3, -0.25) is 4.90 Å². The number of aromatic nitrogens is 1. The Hall–Kier alpha value is -0.790. The third-order valence-corrected chi connectivity index (χ3v) is 3.81. The zero-order valence-corrected chi connectivity index (χ0v) is 12.8. The third-order valence-electron chi connectivity index (χ3n) is 3.23. The lowest BCUT2D eigenvalue weighted by molar-refractivity contribution is -0.0192. The fourth-order valence-corrected chi connectivity index (χ4v) is 2.57. The van der Waals surface area contributed by atoms with Crippen LogP contribution in [0.5, 0.6) is 0 Å². The highest BCUT2D eigenvalue weighted by atomic mass is 35.5. The first kappa shape index (κ1) is 15.6. The molecule has 1 aliphatic heterocycles. The van der Waals surface area contributed by atoms with Crippen molar-refractivity contribution in [2.75, 3.05) is 43.5 Å². The van der Waals surface area contributed by atoms with Gasteiger partial charge in [-0.25, -0.2) is 10.8 Å². The van der Waals surface area contributed by atoms with E-state index in [9.17, 15) is 0 Å². The van der Waals surface area contributed by atoms with Gasteiger partial charge < -0.3 is 15.5 Å². The quantitative estimate of drug-likeness (QED) is 0.567. The van der Waals surface area contributed by atoms with Gasteiger partial charge in [-0.15, -0.1) is 0 Å². The molecule has 1 saturated heterocycles. The Kier molecular flexibility index (Phi) is 5.68. The Morgan fingerprint density at radius 3 is 2.90 bits per heavy atom. The van der Waals surface area contributed by atoms with Crippen LogP contribution in [0.3, 0.4) is 0 Å². The molecule has 1 aromatic rings. The molecule has 0 bridgehead atoms. The molecular formula is C12H19Cl2N5O. The number of halogens is 2. The SMILES string of the molecule is CCN1CCOC(CNc2nc(NN)c(Cl)cc2Cl)C1. The number of rotatable bonds is 5. The van der Waals surface area contributed by atoms with E-state index in [1.165, 1.54) is 0 Å². The lowest BCUT2D eigenvalue weighted by atomic mass is 10.2. The number of pyridine rings is 1. The van der Waals surface area contributed by atoms with E-state index in [0.717, 1.165) is 26.2 Å². The summed E-state index contributed by atoms with van der Waals surface area (Å²) >= 11 is 12.0. The molecule has 1 aromatic heterocycles. The number of morpholine rings is 1. The van der Waals surface area contributed by atoms with Gasteiger partial charge in [-0.2, -0.15) is 0 Å². The van der Waals surface area contributed by atoms with Crippen LogP contribution in [0.15, 0.2) is 6.07 Å². The van der Waals surface area contributed by atoms with Crippen LogP contribution in [-0.2, 0) is 4.74 Å². The molecule has 0 aromatic carbocycles. The monoisotopic (exact) mass is 319 g/mol. The van der Waals surface area contributed by atoms with Crippen LogP contribution >= 0.6 is 23.2 Å². The van der Waals surface area contributed by atoms with Crippen molar-refractivity contribution >= 4 is 34.8 Å². The van der Waals surface area contributed by atoms with E-state index in [1.807, 2.05) is 0 Å². The first-order valence-corrected chi connectivity index (χ1v) is 7.30. The Balaban J connectivity index is 1.96. The van der Waals surface area contributed by atoms with Crippen molar-refractivity contribution in [2.24, 2.45) is 5.84 Å². The van der Waals surface area contributed by atoms with Crippen LogP contribution in [0.4, 0.5) is 11.6 Å². The molecule has 6 nitrogen and oxygen atoms in total. The summed E-state index contributed by atoms with van der Waals surface area (Å²) in [4.78, 5) is 6.58. The number of hydrogen-bond acceptors (Lipinski definition) is 6. The lowest BCUT2D eigenvalue weighted by Crippen LogP contribution is -2.45. The second kappa shape index (κ2) is 7.28. The van der Waals surface area contributed by atoms with Crippen molar-refractivity contribution in [3.63, 3.8) is 0 Å². The molecule has 20 heavy (non-hydrogen) atoms. The largest absolute Gasteiger partial charge is 0.374 e. The molecule has 0 aliphatic carbocycles. The number of nitrogen functional groups attached to an aromatic ring is 1. The minimum atomic E-state index is 0.117. The van der Waals surface area contributed by atoms with E-state index in [2.05, 4.69) is 27.6 Å². The second-order valence-corrected chi connectivity index (χ2v) is 5.37.